The highest BCUT2D eigenvalue weighted by atomic mass is 79.9. The molecule has 0 radical (unpaired) electrons. The summed E-state index contributed by atoms with van der Waals surface area (Å²) < 4.78 is -0.102. The molecule has 0 fully saturated rings. The Labute approximate surface area is 113 Å². The molecule has 0 N–H and O–H groups in total. The average Bonchev–Trinajstić information content (AvgIpc) is 2.28. The normalized spacial score (nSPS) is 11.9. The molecule has 0 aliphatic carbocycles. The number of fused-ring (bicyclic) bond motifs is 1. The van der Waals surface area contributed by atoms with E-state index in [0.717, 1.165) is 12.8 Å². The van der Waals surface area contributed by atoms with Gasteiger partial charge in [-0.25, -0.2) is 0 Å². The fraction of sp³-hybridized carbons (Fsp3) is 0.286. The fourth-order valence-corrected chi connectivity index (χ4v) is 3.48. The highest BCUT2D eigenvalue weighted by Gasteiger charge is 2.25. The molecule has 0 spiro atoms. The number of hydrogen-bond donors (Lipinski definition) is 0. The van der Waals surface area contributed by atoms with Gasteiger partial charge in [-0.15, -0.1) is 0 Å². The van der Waals surface area contributed by atoms with E-state index in [9.17, 15) is 0 Å². The molecule has 2 aromatic carbocycles. The van der Waals surface area contributed by atoms with Gasteiger partial charge in [-0.1, -0.05) is 87.7 Å². The maximum Gasteiger partial charge on any atom is 0.106 e. The van der Waals surface area contributed by atoms with E-state index in [1.807, 2.05) is 0 Å². The molecule has 0 unspecified atom stereocenters. The molecule has 0 atom stereocenters. The van der Waals surface area contributed by atoms with E-state index in [1.54, 1.807) is 0 Å². The van der Waals surface area contributed by atoms with E-state index in [-0.39, 0.29) is 3.23 Å². The van der Waals surface area contributed by atoms with Crippen LogP contribution in [0.4, 0.5) is 0 Å². The Morgan fingerprint density at radius 1 is 1.00 bits per heavy atom. The van der Waals surface area contributed by atoms with Gasteiger partial charge < -0.3 is 0 Å². The van der Waals surface area contributed by atoms with Crippen molar-refractivity contribution in [3.63, 3.8) is 0 Å². The zero-order valence-corrected chi connectivity index (χ0v) is 12.4. The first-order valence-electron chi connectivity index (χ1n) is 5.51. The third-order valence-corrected chi connectivity index (χ3v) is 4.40. The smallest absolute Gasteiger partial charge is 0.0674 e. The Morgan fingerprint density at radius 3 is 2.44 bits per heavy atom. The molecule has 0 aliphatic rings. The molecule has 2 aromatic rings. The summed E-state index contributed by atoms with van der Waals surface area (Å²) >= 11 is 7.58. The van der Waals surface area contributed by atoms with Crippen molar-refractivity contribution in [1.29, 1.82) is 0 Å². The van der Waals surface area contributed by atoms with Gasteiger partial charge in [0.2, 0.25) is 0 Å². The zero-order chi connectivity index (χ0) is 11.6. The highest BCUT2D eigenvalue weighted by molar-refractivity contribution is 9.24. The molecule has 0 heterocycles. The summed E-state index contributed by atoms with van der Waals surface area (Å²) in [6.45, 7) is 2.20. The van der Waals surface area contributed by atoms with E-state index < -0.39 is 0 Å². The van der Waals surface area contributed by atoms with Gasteiger partial charge in [-0.2, -0.15) is 0 Å². The molecule has 0 aromatic heterocycles. The SMILES string of the molecule is CCCC(Br)(Br)c1cccc2ccccc12. The second-order valence-corrected chi connectivity index (χ2v) is 7.75. The first kappa shape index (κ1) is 12.1. The molecule has 2 heteroatoms. The minimum absolute atomic E-state index is 0.102. The van der Waals surface area contributed by atoms with Crippen LogP contribution >= 0.6 is 31.9 Å². The van der Waals surface area contributed by atoms with Crippen LogP contribution in [0, 0.1) is 0 Å². The topological polar surface area (TPSA) is 0 Å². The number of rotatable bonds is 3. The van der Waals surface area contributed by atoms with Crippen molar-refractivity contribution in [1.82, 2.24) is 0 Å². The summed E-state index contributed by atoms with van der Waals surface area (Å²) in [5, 5.41) is 2.60. The highest BCUT2D eigenvalue weighted by Crippen LogP contribution is 2.44. The van der Waals surface area contributed by atoms with E-state index >= 15 is 0 Å². The average molecular weight is 342 g/mol. The van der Waals surface area contributed by atoms with Crippen molar-refractivity contribution >= 4 is 42.6 Å². The third-order valence-electron chi connectivity index (χ3n) is 2.75. The summed E-state index contributed by atoms with van der Waals surface area (Å²) in [6, 6.07) is 15.0. The largest absolute Gasteiger partial charge is 0.106 e. The van der Waals surface area contributed by atoms with Crippen molar-refractivity contribution in [2.45, 2.75) is 23.0 Å². The second-order valence-electron chi connectivity index (χ2n) is 3.98. The predicted molar refractivity (Wildman–Crippen MR) is 78.4 cm³/mol. The first-order valence-corrected chi connectivity index (χ1v) is 7.10. The summed E-state index contributed by atoms with van der Waals surface area (Å²) in [6.07, 6.45) is 2.21. The lowest BCUT2D eigenvalue weighted by atomic mass is 10.0. The van der Waals surface area contributed by atoms with Crippen LogP contribution in [0.3, 0.4) is 0 Å². The fourth-order valence-electron chi connectivity index (χ4n) is 1.99. The van der Waals surface area contributed by atoms with Crippen LogP contribution in [0.5, 0.6) is 0 Å². The van der Waals surface area contributed by atoms with Gasteiger partial charge in [0.25, 0.3) is 0 Å². The van der Waals surface area contributed by atoms with Crippen LogP contribution in [0.1, 0.15) is 25.3 Å². The van der Waals surface area contributed by atoms with E-state index in [4.69, 9.17) is 0 Å². The molecular formula is C14H14Br2. The predicted octanol–water partition coefficient (Wildman–Crippen LogP) is 5.58. The maximum atomic E-state index is 3.79. The molecule has 16 heavy (non-hydrogen) atoms. The van der Waals surface area contributed by atoms with Crippen LogP contribution in [0.15, 0.2) is 42.5 Å². The van der Waals surface area contributed by atoms with Crippen molar-refractivity contribution in [2.75, 3.05) is 0 Å². The van der Waals surface area contributed by atoms with E-state index in [0.29, 0.717) is 0 Å². The van der Waals surface area contributed by atoms with Crippen LogP contribution in [0.25, 0.3) is 10.8 Å². The zero-order valence-electron chi connectivity index (χ0n) is 9.21. The van der Waals surface area contributed by atoms with Gasteiger partial charge in [0.1, 0.15) is 3.23 Å². The van der Waals surface area contributed by atoms with Crippen LogP contribution in [-0.2, 0) is 3.23 Å². The van der Waals surface area contributed by atoms with Gasteiger partial charge in [0.05, 0.1) is 0 Å². The Balaban J connectivity index is 2.60. The molecule has 0 nitrogen and oxygen atoms in total. The van der Waals surface area contributed by atoms with Gasteiger partial charge in [-0.05, 0) is 22.8 Å². The molecule has 0 bridgehead atoms. The van der Waals surface area contributed by atoms with Gasteiger partial charge in [-0.3, -0.25) is 0 Å². The quantitative estimate of drug-likeness (QED) is 0.639. The first-order chi connectivity index (χ1) is 7.65. The minimum atomic E-state index is -0.102. The van der Waals surface area contributed by atoms with Crippen LogP contribution in [-0.4, -0.2) is 0 Å². The number of hydrogen-bond acceptors (Lipinski definition) is 0. The lowest BCUT2D eigenvalue weighted by Crippen LogP contribution is -2.08. The van der Waals surface area contributed by atoms with Crippen LogP contribution < -0.4 is 0 Å². The molecular weight excluding hydrogens is 328 g/mol. The summed E-state index contributed by atoms with van der Waals surface area (Å²) in [4.78, 5) is 0. The second kappa shape index (κ2) is 4.89. The van der Waals surface area contributed by atoms with Gasteiger partial charge >= 0.3 is 0 Å². The van der Waals surface area contributed by atoms with Gasteiger partial charge in [0.15, 0.2) is 0 Å². The molecule has 2 rings (SSSR count). The Hall–Kier alpha value is -0.340. The summed E-state index contributed by atoms with van der Waals surface area (Å²) in [7, 11) is 0. The monoisotopic (exact) mass is 340 g/mol. The molecule has 0 saturated heterocycles. The van der Waals surface area contributed by atoms with E-state index in [1.165, 1.54) is 16.3 Å². The third kappa shape index (κ3) is 2.33. The number of halogens is 2. The van der Waals surface area contributed by atoms with E-state index in [2.05, 4.69) is 81.2 Å². The summed E-state index contributed by atoms with van der Waals surface area (Å²) in [5.74, 6) is 0. The van der Waals surface area contributed by atoms with Crippen molar-refractivity contribution < 1.29 is 0 Å². The minimum Gasteiger partial charge on any atom is -0.0674 e. The molecule has 0 aliphatic heterocycles. The Bertz CT molecular complexity index is 484. The summed E-state index contributed by atoms with van der Waals surface area (Å²) in [5.41, 5.74) is 1.31. The van der Waals surface area contributed by atoms with Crippen molar-refractivity contribution in [3.05, 3.63) is 48.0 Å². The number of benzene rings is 2. The Morgan fingerprint density at radius 2 is 1.69 bits per heavy atom. The molecule has 0 amide bonds. The number of alkyl halides is 2. The van der Waals surface area contributed by atoms with Crippen LogP contribution in [0.2, 0.25) is 0 Å². The molecule has 0 saturated carbocycles. The van der Waals surface area contributed by atoms with Crippen molar-refractivity contribution in [2.24, 2.45) is 0 Å². The maximum absolute atomic E-state index is 3.79. The molecule has 84 valence electrons. The Kier molecular flexibility index (Phi) is 3.70. The lowest BCUT2D eigenvalue weighted by Gasteiger charge is -2.22. The standard InChI is InChI=1S/C14H14Br2/c1-2-10-14(15,16)13-9-5-7-11-6-3-4-8-12(11)13/h3-9H,2,10H2,1H3. The van der Waals surface area contributed by atoms with Gasteiger partial charge in [0, 0.05) is 0 Å². The lowest BCUT2D eigenvalue weighted by molar-refractivity contribution is 0.760. The van der Waals surface area contributed by atoms with Crippen molar-refractivity contribution in [3.8, 4) is 0 Å².